The van der Waals surface area contributed by atoms with Crippen LogP contribution in [0.2, 0.25) is 0 Å². The Kier molecular flexibility index (Phi) is 5.37. The number of benzene rings is 2. The molecule has 2 heterocycles. The molecule has 158 valence electrons. The summed E-state index contributed by atoms with van der Waals surface area (Å²) in [5.74, 6) is -0.542. The standard InChI is InChI=1S/C20H21N3O6S/c1-23(2)14-8-7-13-9-18(29-17(13)10-14)20(24)21-22-30(25,26)19-6-4-3-5-16(19)28-15-11-27-12-15/h3-10,15,22H,11-12H2,1-2H3,(H,21,24). The number of anilines is 1. The Morgan fingerprint density at radius 2 is 1.90 bits per heavy atom. The van der Waals surface area contributed by atoms with Gasteiger partial charge in [0.05, 0.1) is 13.2 Å². The number of fused-ring (bicyclic) bond motifs is 1. The largest absolute Gasteiger partial charge is 0.484 e. The van der Waals surface area contributed by atoms with Crippen LogP contribution >= 0.6 is 0 Å². The van der Waals surface area contributed by atoms with E-state index < -0.39 is 15.9 Å². The molecule has 0 radical (unpaired) electrons. The third kappa shape index (κ3) is 4.11. The highest BCUT2D eigenvalue weighted by Gasteiger charge is 2.26. The number of carbonyl (C=O) groups excluding carboxylic acids is 1. The molecule has 0 bridgehead atoms. The van der Waals surface area contributed by atoms with Crippen LogP contribution in [0.1, 0.15) is 10.6 Å². The van der Waals surface area contributed by atoms with Crippen molar-refractivity contribution in [2.24, 2.45) is 0 Å². The molecule has 1 aliphatic rings. The molecule has 4 rings (SSSR count). The van der Waals surface area contributed by atoms with Gasteiger partial charge in [-0.25, -0.2) is 8.42 Å². The Bertz CT molecular complexity index is 1180. The quantitative estimate of drug-likeness (QED) is 0.550. The molecule has 2 aromatic carbocycles. The SMILES string of the molecule is CN(C)c1ccc2cc(C(=O)NNS(=O)(=O)c3ccccc3OC3COC3)oc2c1. The number of hydrogen-bond acceptors (Lipinski definition) is 7. The molecule has 0 atom stereocenters. The van der Waals surface area contributed by atoms with Gasteiger partial charge in [0, 0.05) is 31.2 Å². The zero-order valence-corrected chi connectivity index (χ0v) is 17.2. The van der Waals surface area contributed by atoms with Crippen LogP contribution in [-0.2, 0) is 14.8 Å². The fourth-order valence-corrected chi connectivity index (χ4v) is 3.85. The highest BCUT2D eigenvalue weighted by Crippen LogP contribution is 2.26. The summed E-state index contributed by atoms with van der Waals surface area (Å²) >= 11 is 0. The Morgan fingerprint density at radius 1 is 1.13 bits per heavy atom. The predicted molar refractivity (Wildman–Crippen MR) is 110 cm³/mol. The third-order valence-electron chi connectivity index (χ3n) is 4.58. The number of para-hydroxylation sites is 1. The number of rotatable bonds is 7. The van der Waals surface area contributed by atoms with Crippen molar-refractivity contribution in [2.75, 3.05) is 32.2 Å². The van der Waals surface area contributed by atoms with Gasteiger partial charge in [-0.1, -0.05) is 12.1 Å². The average molecular weight is 431 g/mol. The maximum atomic E-state index is 12.7. The number of sulfonamides is 1. The summed E-state index contributed by atoms with van der Waals surface area (Å²) in [5.41, 5.74) is 3.62. The molecule has 1 amide bonds. The molecule has 1 fully saturated rings. The first-order chi connectivity index (χ1) is 14.3. The molecular formula is C20H21N3O6S. The van der Waals surface area contributed by atoms with Gasteiger partial charge in [0.2, 0.25) is 0 Å². The van der Waals surface area contributed by atoms with Crippen molar-refractivity contribution in [3.8, 4) is 5.75 Å². The van der Waals surface area contributed by atoms with E-state index >= 15 is 0 Å². The van der Waals surface area contributed by atoms with Crippen LogP contribution in [-0.4, -0.2) is 47.7 Å². The van der Waals surface area contributed by atoms with E-state index in [-0.39, 0.29) is 22.5 Å². The van der Waals surface area contributed by atoms with Crippen LogP contribution in [0.5, 0.6) is 5.75 Å². The summed E-state index contributed by atoms with van der Waals surface area (Å²) < 4.78 is 41.7. The number of amides is 1. The maximum Gasteiger partial charge on any atom is 0.301 e. The highest BCUT2D eigenvalue weighted by atomic mass is 32.2. The molecule has 2 N–H and O–H groups in total. The van der Waals surface area contributed by atoms with E-state index in [1.807, 2.05) is 31.1 Å². The Morgan fingerprint density at radius 3 is 2.60 bits per heavy atom. The van der Waals surface area contributed by atoms with Crippen LogP contribution < -0.4 is 19.9 Å². The molecule has 3 aromatic rings. The maximum absolute atomic E-state index is 12.7. The molecule has 9 nitrogen and oxygen atoms in total. The monoisotopic (exact) mass is 431 g/mol. The second-order valence-electron chi connectivity index (χ2n) is 7.01. The first-order valence-electron chi connectivity index (χ1n) is 9.20. The molecular weight excluding hydrogens is 410 g/mol. The van der Waals surface area contributed by atoms with E-state index in [4.69, 9.17) is 13.9 Å². The molecule has 1 aromatic heterocycles. The topological polar surface area (TPSA) is 110 Å². The fourth-order valence-electron chi connectivity index (χ4n) is 2.87. The first kappa shape index (κ1) is 20.2. The summed E-state index contributed by atoms with van der Waals surface area (Å²) in [6.07, 6.45) is -0.196. The van der Waals surface area contributed by atoms with E-state index in [0.29, 0.717) is 18.8 Å². The van der Waals surface area contributed by atoms with Gasteiger partial charge in [-0.2, -0.15) is 0 Å². The molecule has 0 saturated carbocycles. The molecule has 0 unspecified atom stereocenters. The van der Waals surface area contributed by atoms with Crippen molar-refractivity contribution in [1.29, 1.82) is 0 Å². The molecule has 10 heteroatoms. The predicted octanol–water partition coefficient (Wildman–Crippen LogP) is 1.90. The fraction of sp³-hybridized carbons (Fsp3) is 0.250. The molecule has 0 aliphatic carbocycles. The van der Waals surface area contributed by atoms with Crippen LogP contribution in [0, 0.1) is 0 Å². The number of carbonyl (C=O) groups is 1. The Balaban J connectivity index is 1.48. The van der Waals surface area contributed by atoms with Crippen LogP contribution in [0.15, 0.2) is 57.8 Å². The van der Waals surface area contributed by atoms with Gasteiger partial charge < -0.3 is 18.8 Å². The summed E-state index contributed by atoms with van der Waals surface area (Å²) in [4.78, 5) is 16.4. The van der Waals surface area contributed by atoms with Gasteiger partial charge in [-0.15, -0.1) is 4.83 Å². The van der Waals surface area contributed by atoms with Gasteiger partial charge >= 0.3 is 5.91 Å². The lowest BCUT2D eigenvalue weighted by Crippen LogP contribution is -2.42. The number of furan rings is 1. The minimum atomic E-state index is -4.07. The Hall–Kier alpha value is -3.08. The van der Waals surface area contributed by atoms with Crippen molar-refractivity contribution in [1.82, 2.24) is 10.3 Å². The van der Waals surface area contributed by atoms with Crippen LogP contribution in [0.4, 0.5) is 5.69 Å². The Labute approximate surface area is 173 Å². The van der Waals surface area contributed by atoms with Gasteiger partial charge in [0.1, 0.15) is 22.3 Å². The molecule has 0 spiro atoms. The zero-order chi connectivity index (χ0) is 21.3. The number of ether oxygens (including phenoxy) is 2. The summed E-state index contributed by atoms with van der Waals surface area (Å²) in [7, 11) is -0.278. The van der Waals surface area contributed by atoms with Crippen molar-refractivity contribution in [2.45, 2.75) is 11.0 Å². The van der Waals surface area contributed by atoms with Gasteiger partial charge in [0.15, 0.2) is 5.76 Å². The van der Waals surface area contributed by atoms with Crippen molar-refractivity contribution in [3.63, 3.8) is 0 Å². The lowest BCUT2D eigenvalue weighted by atomic mass is 10.2. The number of hydrazine groups is 1. The first-order valence-corrected chi connectivity index (χ1v) is 10.7. The van der Waals surface area contributed by atoms with E-state index in [1.165, 1.54) is 6.07 Å². The smallest absolute Gasteiger partial charge is 0.301 e. The summed E-state index contributed by atoms with van der Waals surface area (Å²) in [6, 6.07) is 13.3. The molecule has 30 heavy (non-hydrogen) atoms. The van der Waals surface area contributed by atoms with Crippen LogP contribution in [0.25, 0.3) is 11.0 Å². The van der Waals surface area contributed by atoms with E-state index in [2.05, 4.69) is 10.3 Å². The summed E-state index contributed by atoms with van der Waals surface area (Å²) in [5, 5.41) is 0.732. The third-order valence-corrected chi connectivity index (χ3v) is 5.87. The van der Waals surface area contributed by atoms with Crippen molar-refractivity contribution in [3.05, 3.63) is 54.3 Å². The molecule has 1 saturated heterocycles. The van der Waals surface area contributed by atoms with E-state index in [1.54, 1.807) is 30.3 Å². The lowest BCUT2D eigenvalue weighted by Gasteiger charge is -2.27. The van der Waals surface area contributed by atoms with Gasteiger partial charge in [-0.3, -0.25) is 10.2 Å². The van der Waals surface area contributed by atoms with Crippen molar-refractivity contribution >= 4 is 32.6 Å². The lowest BCUT2D eigenvalue weighted by molar-refractivity contribution is -0.0807. The van der Waals surface area contributed by atoms with Gasteiger partial charge in [-0.05, 0) is 30.3 Å². The second kappa shape index (κ2) is 7.98. The second-order valence-corrected chi connectivity index (χ2v) is 8.66. The minimum absolute atomic E-state index is 0.0141. The summed E-state index contributed by atoms with van der Waals surface area (Å²) in [6.45, 7) is 0.806. The number of nitrogens with zero attached hydrogens (tertiary/aromatic N) is 1. The average Bonchev–Trinajstić information content (AvgIpc) is 3.12. The zero-order valence-electron chi connectivity index (χ0n) is 16.4. The minimum Gasteiger partial charge on any atom is -0.484 e. The normalized spacial score (nSPS) is 14.3. The van der Waals surface area contributed by atoms with E-state index in [0.717, 1.165) is 11.1 Å². The van der Waals surface area contributed by atoms with Crippen molar-refractivity contribution < 1.29 is 27.1 Å². The van der Waals surface area contributed by atoms with Crippen LogP contribution in [0.3, 0.4) is 0 Å². The molecule has 1 aliphatic heterocycles. The number of hydrogen-bond donors (Lipinski definition) is 2. The number of nitrogens with one attached hydrogen (secondary N) is 2. The highest BCUT2D eigenvalue weighted by molar-refractivity contribution is 7.89. The van der Waals surface area contributed by atoms with E-state index in [9.17, 15) is 13.2 Å². The van der Waals surface area contributed by atoms with Gasteiger partial charge in [0.25, 0.3) is 10.0 Å².